The van der Waals surface area contributed by atoms with Crippen LogP contribution in [0.25, 0.3) is 6.08 Å². The number of amides is 2. The van der Waals surface area contributed by atoms with Crippen molar-refractivity contribution in [2.75, 3.05) is 26.5 Å². The molecule has 0 aromatic heterocycles. The summed E-state index contributed by atoms with van der Waals surface area (Å²) in [5.41, 5.74) is 1.44. The molecule has 7 nitrogen and oxygen atoms in total. The van der Waals surface area contributed by atoms with Crippen LogP contribution in [0, 0.1) is 11.3 Å². The molecule has 0 atom stereocenters. The molecular weight excluding hydrogens is 382 g/mol. The van der Waals surface area contributed by atoms with Gasteiger partial charge in [-0.3, -0.25) is 9.59 Å². The highest BCUT2D eigenvalue weighted by Crippen LogP contribution is 2.33. The molecule has 2 rings (SSSR count). The molecule has 156 valence electrons. The zero-order valence-corrected chi connectivity index (χ0v) is 17.7. The van der Waals surface area contributed by atoms with Crippen LogP contribution < -0.4 is 14.8 Å². The van der Waals surface area contributed by atoms with Crippen molar-refractivity contribution in [3.63, 3.8) is 0 Å². The van der Waals surface area contributed by atoms with Crippen LogP contribution in [-0.4, -0.2) is 44.0 Å². The summed E-state index contributed by atoms with van der Waals surface area (Å²) in [5, 5.41) is 12.2. The molecule has 0 aliphatic rings. The maximum Gasteiger partial charge on any atom is 0.266 e. The number of carbonyl (C=O) groups is 2. The summed E-state index contributed by atoms with van der Waals surface area (Å²) < 4.78 is 11.2. The molecule has 0 unspecified atom stereocenters. The Bertz CT molecular complexity index is 986. The highest BCUT2D eigenvalue weighted by atomic mass is 16.5. The molecule has 1 N–H and O–H groups in total. The van der Waals surface area contributed by atoms with Crippen molar-refractivity contribution in [2.24, 2.45) is 0 Å². The van der Waals surface area contributed by atoms with Gasteiger partial charge in [-0.15, -0.1) is 0 Å². The van der Waals surface area contributed by atoms with Gasteiger partial charge in [0.15, 0.2) is 11.5 Å². The van der Waals surface area contributed by atoms with Crippen LogP contribution in [0.4, 0.5) is 5.69 Å². The number of rotatable bonds is 7. The summed E-state index contributed by atoms with van der Waals surface area (Å²) in [4.78, 5) is 26.0. The maximum atomic E-state index is 12.6. The molecule has 0 heterocycles. The Balaban J connectivity index is 2.28. The van der Waals surface area contributed by atoms with Crippen molar-refractivity contribution in [3.05, 3.63) is 59.2 Å². The molecular formula is C23H25N3O4. The first kappa shape index (κ1) is 22.5. The van der Waals surface area contributed by atoms with Gasteiger partial charge in [0, 0.05) is 30.9 Å². The number of nitriles is 1. The predicted octanol–water partition coefficient (Wildman–Crippen LogP) is 3.73. The molecule has 0 radical (unpaired) electrons. The maximum absolute atomic E-state index is 12.6. The lowest BCUT2D eigenvalue weighted by Gasteiger charge is -2.16. The van der Waals surface area contributed by atoms with Crippen molar-refractivity contribution >= 4 is 23.6 Å². The van der Waals surface area contributed by atoms with Gasteiger partial charge in [0.05, 0.1) is 13.2 Å². The Morgan fingerprint density at radius 3 is 2.33 bits per heavy atom. The predicted molar refractivity (Wildman–Crippen MR) is 115 cm³/mol. The minimum atomic E-state index is -0.567. The summed E-state index contributed by atoms with van der Waals surface area (Å²) in [6.45, 7) is 3.76. The number of nitrogens with zero attached hydrogens (tertiary/aromatic N) is 2. The van der Waals surface area contributed by atoms with Gasteiger partial charge in [0.1, 0.15) is 11.6 Å². The Morgan fingerprint density at radius 1 is 1.13 bits per heavy atom. The summed E-state index contributed by atoms with van der Waals surface area (Å²) in [7, 11) is 4.86. The van der Waals surface area contributed by atoms with Crippen LogP contribution in [-0.2, 0) is 4.79 Å². The molecule has 0 aliphatic heterocycles. The van der Waals surface area contributed by atoms with Gasteiger partial charge < -0.3 is 19.7 Å². The van der Waals surface area contributed by atoms with Gasteiger partial charge in [0.25, 0.3) is 11.8 Å². The van der Waals surface area contributed by atoms with Gasteiger partial charge in [-0.1, -0.05) is 12.1 Å². The quantitative estimate of drug-likeness (QED) is 0.558. The third-order valence-corrected chi connectivity index (χ3v) is 4.04. The molecule has 2 aromatic rings. The Morgan fingerprint density at radius 2 is 1.80 bits per heavy atom. The van der Waals surface area contributed by atoms with Crippen molar-refractivity contribution in [2.45, 2.75) is 20.0 Å². The van der Waals surface area contributed by atoms with E-state index in [1.165, 1.54) is 18.1 Å². The van der Waals surface area contributed by atoms with E-state index >= 15 is 0 Å². The van der Waals surface area contributed by atoms with Gasteiger partial charge in [0.2, 0.25) is 0 Å². The summed E-state index contributed by atoms with van der Waals surface area (Å²) >= 11 is 0. The van der Waals surface area contributed by atoms with Gasteiger partial charge in [-0.2, -0.15) is 5.26 Å². The molecule has 0 fully saturated rings. The highest BCUT2D eigenvalue weighted by Gasteiger charge is 2.15. The normalized spacial score (nSPS) is 10.9. The van der Waals surface area contributed by atoms with E-state index in [0.29, 0.717) is 28.3 Å². The standard InChI is InChI=1S/C23H25N3O4/c1-15(2)30-21-17(7-6-8-20(21)29-5)13-18(14-24)22(27)25-19-11-9-16(10-12-19)23(28)26(3)4/h6-13,15H,1-5H3,(H,25,27)/b18-13+. The van der Waals surface area contributed by atoms with Crippen LogP contribution in [0.2, 0.25) is 0 Å². The number of hydrogen-bond acceptors (Lipinski definition) is 5. The lowest BCUT2D eigenvalue weighted by molar-refractivity contribution is -0.112. The fourth-order valence-electron chi connectivity index (χ4n) is 2.63. The van der Waals surface area contributed by atoms with E-state index in [0.717, 1.165) is 0 Å². The second-order valence-electron chi connectivity index (χ2n) is 6.95. The Kier molecular flexibility index (Phi) is 7.59. The van der Waals surface area contributed by atoms with E-state index in [-0.39, 0.29) is 17.6 Å². The van der Waals surface area contributed by atoms with Crippen molar-refractivity contribution < 1.29 is 19.1 Å². The van der Waals surface area contributed by atoms with Crippen LogP contribution in [0.1, 0.15) is 29.8 Å². The molecule has 0 saturated carbocycles. The molecule has 2 aromatic carbocycles. The molecule has 7 heteroatoms. The lowest BCUT2D eigenvalue weighted by atomic mass is 10.1. The van der Waals surface area contributed by atoms with E-state index in [9.17, 15) is 14.9 Å². The third kappa shape index (κ3) is 5.61. The smallest absolute Gasteiger partial charge is 0.266 e. The number of methoxy groups -OCH3 is 1. The van der Waals surface area contributed by atoms with Crippen LogP contribution in [0.3, 0.4) is 0 Å². The first-order valence-electron chi connectivity index (χ1n) is 9.35. The monoisotopic (exact) mass is 407 g/mol. The topological polar surface area (TPSA) is 91.7 Å². The SMILES string of the molecule is COc1cccc(/C=C(\C#N)C(=O)Nc2ccc(C(=O)N(C)C)cc2)c1OC(C)C. The molecule has 30 heavy (non-hydrogen) atoms. The number of nitrogens with one attached hydrogen (secondary N) is 1. The average Bonchev–Trinajstić information content (AvgIpc) is 2.72. The first-order valence-corrected chi connectivity index (χ1v) is 9.35. The molecule has 0 aliphatic carbocycles. The Labute approximate surface area is 176 Å². The van der Waals surface area contributed by atoms with Crippen LogP contribution in [0.5, 0.6) is 11.5 Å². The van der Waals surface area contributed by atoms with E-state index in [2.05, 4.69) is 5.32 Å². The van der Waals surface area contributed by atoms with E-state index in [4.69, 9.17) is 9.47 Å². The molecule has 0 saturated heterocycles. The fourth-order valence-corrected chi connectivity index (χ4v) is 2.63. The second kappa shape index (κ2) is 10.1. The highest BCUT2D eigenvalue weighted by molar-refractivity contribution is 6.10. The first-order chi connectivity index (χ1) is 14.3. The zero-order chi connectivity index (χ0) is 22.3. The molecule has 2 amide bonds. The minimum Gasteiger partial charge on any atom is -0.493 e. The Hall–Kier alpha value is -3.79. The lowest BCUT2D eigenvalue weighted by Crippen LogP contribution is -2.21. The third-order valence-electron chi connectivity index (χ3n) is 4.04. The molecule has 0 bridgehead atoms. The number of carbonyl (C=O) groups excluding carboxylic acids is 2. The number of hydrogen-bond donors (Lipinski definition) is 1. The van der Waals surface area contributed by atoms with Crippen LogP contribution in [0.15, 0.2) is 48.0 Å². The van der Waals surface area contributed by atoms with Gasteiger partial charge in [-0.25, -0.2) is 0 Å². The van der Waals surface area contributed by atoms with E-state index in [1.54, 1.807) is 56.6 Å². The second-order valence-corrected chi connectivity index (χ2v) is 6.95. The number of anilines is 1. The summed E-state index contributed by atoms with van der Waals surface area (Å²) in [6.07, 6.45) is 1.34. The number of benzene rings is 2. The fraction of sp³-hybridized carbons (Fsp3) is 0.261. The largest absolute Gasteiger partial charge is 0.493 e. The van der Waals surface area contributed by atoms with Gasteiger partial charge in [-0.05, 0) is 50.3 Å². The zero-order valence-electron chi connectivity index (χ0n) is 17.7. The summed E-state index contributed by atoms with van der Waals surface area (Å²) in [5.74, 6) is 0.266. The minimum absolute atomic E-state index is 0.0923. The summed E-state index contributed by atoms with van der Waals surface area (Å²) in [6, 6.07) is 13.6. The average molecular weight is 407 g/mol. The van der Waals surface area contributed by atoms with Crippen molar-refractivity contribution in [1.29, 1.82) is 5.26 Å². The number of para-hydroxylation sites is 1. The van der Waals surface area contributed by atoms with Crippen molar-refractivity contribution in [1.82, 2.24) is 4.90 Å². The number of ether oxygens (including phenoxy) is 2. The van der Waals surface area contributed by atoms with Crippen LogP contribution >= 0.6 is 0 Å². The van der Waals surface area contributed by atoms with E-state index < -0.39 is 5.91 Å². The van der Waals surface area contributed by atoms with Gasteiger partial charge >= 0.3 is 0 Å². The van der Waals surface area contributed by atoms with E-state index in [1.807, 2.05) is 19.9 Å². The van der Waals surface area contributed by atoms with Crippen molar-refractivity contribution in [3.8, 4) is 17.6 Å². The molecule has 0 spiro atoms.